The van der Waals surface area contributed by atoms with E-state index in [0.717, 1.165) is 0 Å². The molecule has 0 spiro atoms. The molecule has 9 heteroatoms. The second-order valence-corrected chi connectivity index (χ2v) is 5.70. The number of halogens is 1. The standard InChI is InChI=1S/C17H18ClN3O5/c1-10-12(5-4-6-14(10)21(23)24)20-17(22)9-19-13-8-15(25-2)11(18)7-16(13)26-3/h4-8,19H,9H2,1-3H3,(H,20,22). The minimum atomic E-state index is -0.492. The molecular formula is C17H18ClN3O5. The summed E-state index contributed by atoms with van der Waals surface area (Å²) < 4.78 is 10.4. The lowest BCUT2D eigenvalue weighted by Crippen LogP contribution is -2.22. The average Bonchev–Trinajstić information content (AvgIpc) is 2.61. The first-order valence-corrected chi connectivity index (χ1v) is 7.94. The Hall–Kier alpha value is -3.00. The van der Waals surface area contributed by atoms with Crippen molar-refractivity contribution in [3.8, 4) is 11.5 Å². The Balaban J connectivity index is 2.10. The molecule has 2 aromatic carbocycles. The molecule has 2 N–H and O–H groups in total. The van der Waals surface area contributed by atoms with Gasteiger partial charge in [0.2, 0.25) is 5.91 Å². The summed E-state index contributed by atoms with van der Waals surface area (Å²) in [6.45, 7) is 1.50. The molecule has 0 aliphatic carbocycles. The van der Waals surface area contributed by atoms with Crippen LogP contribution < -0.4 is 20.1 Å². The van der Waals surface area contributed by atoms with Gasteiger partial charge in [0.1, 0.15) is 11.5 Å². The highest BCUT2D eigenvalue weighted by Crippen LogP contribution is 2.35. The molecule has 0 fully saturated rings. The second-order valence-electron chi connectivity index (χ2n) is 5.30. The topological polar surface area (TPSA) is 103 Å². The normalized spacial score (nSPS) is 10.2. The third-order valence-corrected chi connectivity index (χ3v) is 3.98. The fourth-order valence-corrected chi connectivity index (χ4v) is 2.56. The van der Waals surface area contributed by atoms with E-state index in [4.69, 9.17) is 21.1 Å². The molecule has 0 unspecified atom stereocenters. The molecule has 0 saturated heterocycles. The van der Waals surface area contributed by atoms with Crippen molar-refractivity contribution in [2.75, 3.05) is 31.4 Å². The minimum absolute atomic E-state index is 0.0557. The van der Waals surface area contributed by atoms with Crippen molar-refractivity contribution >= 4 is 34.6 Å². The maximum absolute atomic E-state index is 12.2. The first-order valence-electron chi connectivity index (χ1n) is 7.56. The molecule has 2 rings (SSSR count). The summed E-state index contributed by atoms with van der Waals surface area (Å²) in [5, 5.41) is 16.9. The number of nitrogens with one attached hydrogen (secondary N) is 2. The summed E-state index contributed by atoms with van der Waals surface area (Å²) in [4.78, 5) is 22.7. The lowest BCUT2D eigenvalue weighted by molar-refractivity contribution is -0.385. The number of hydrogen-bond acceptors (Lipinski definition) is 6. The summed E-state index contributed by atoms with van der Waals surface area (Å²) in [6, 6.07) is 7.69. The zero-order chi connectivity index (χ0) is 19.3. The van der Waals surface area contributed by atoms with Gasteiger partial charge in [0.25, 0.3) is 5.69 Å². The molecule has 26 heavy (non-hydrogen) atoms. The van der Waals surface area contributed by atoms with Crippen molar-refractivity contribution in [2.24, 2.45) is 0 Å². The fraction of sp³-hybridized carbons (Fsp3) is 0.235. The maximum atomic E-state index is 12.2. The van der Waals surface area contributed by atoms with Gasteiger partial charge in [-0.25, -0.2) is 0 Å². The number of methoxy groups -OCH3 is 2. The fourth-order valence-electron chi connectivity index (χ4n) is 2.33. The third-order valence-electron chi connectivity index (χ3n) is 3.69. The number of anilines is 2. The Morgan fingerprint density at radius 1 is 1.19 bits per heavy atom. The number of ether oxygens (including phenoxy) is 2. The molecule has 0 aromatic heterocycles. The predicted molar refractivity (Wildman–Crippen MR) is 99.5 cm³/mol. The lowest BCUT2D eigenvalue weighted by Gasteiger charge is -2.14. The zero-order valence-corrected chi connectivity index (χ0v) is 15.2. The Morgan fingerprint density at radius 3 is 2.50 bits per heavy atom. The molecule has 0 heterocycles. The zero-order valence-electron chi connectivity index (χ0n) is 14.5. The van der Waals surface area contributed by atoms with E-state index in [-0.39, 0.29) is 18.1 Å². The van der Waals surface area contributed by atoms with Crippen molar-refractivity contribution in [3.05, 3.63) is 51.0 Å². The molecule has 1 amide bonds. The molecule has 2 aromatic rings. The Kier molecular flexibility index (Phi) is 6.24. The number of nitrogens with zero attached hydrogens (tertiary/aromatic N) is 1. The molecule has 0 aliphatic rings. The van der Waals surface area contributed by atoms with Gasteiger partial charge in [0, 0.05) is 18.2 Å². The summed E-state index contributed by atoms with van der Waals surface area (Å²) in [7, 11) is 2.96. The van der Waals surface area contributed by atoms with Gasteiger partial charge in [0.05, 0.1) is 47.6 Å². The first kappa shape index (κ1) is 19.3. The van der Waals surface area contributed by atoms with Crippen molar-refractivity contribution in [3.63, 3.8) is 0 Å². The van der Waals surface area contributed by atoms with E-state index in [1.54, 1.807) is 25.1 Å². The first-order chi connectivity index (χ1) is 12.4. The van der Waals surface area contributed by atoms with E-state index in [1.807, 2.05) is 0 Å². The largest absolute Gasteiger partial charge is 0.495 e. The van der Waals surface area contributed by atoms with Crippen molar-refractivity contribution in [1.29, 1.82) is 0 Å². The van der Waals surface area contributed by atoms with Gasteiger partial charge in [0.15, 0.2) is 0 Å². The SMILES string of the molecule is COc1cc(NCC(=O)Nc2cccc([N+](=O)[O-])c2C)c(OC)cc1Cl. The van der Waals surface area contributed by atoms with Crippen LogP contribution in [0.3, 0.4) is 0 Å². The van der Waals surface area contributed by atoms with Crippen LogP contribution in [0.25, 0.3) is 0 Å². The van der Waals surface area contributed by atoms with E-state index in [1.165, 1.54) is 26.4 Å². The Bertz CT molecular complexity index is 841. The van der Waals surface area contributed by atoms with Crippen LogP contribution >= 0.6 is 11.6 Å². The third kappa shape index (κ3) is 4.34. The van der Waals surface area contributed by atoms with E-state index in [0.29, 0.717) is 33.5 Å². The highest BCUT2D eigenvalue weighted by Gasteiger charge is 2.15. The predicted octanol–water partition coefficient (Wildman–Crippen LogP) is 3.62. The molecule has 0 atom stereocenters. The number of benzene rings is 2. The number of nitro groups is 1. The Labute approximate surface area is 155 Å². The summed E-state index contributed by atoms with van der Waals surface area (Å²) in [5.74, 6) is 0.518. The van der Waals surface area contributed by atoms with Gasteiger partial charge in [-0.05, 0) is 13.0 Å². The van der Waals surface area contributed by atoms with Gasteiger partial charge in [-0.1, -0.05) is 17.7 Å². The lowest BCUT2D eigenvalue weighted by atomic mass is 10.1. The highest BCUT2D eigenvalue weighted by atomic mass is 35.5. The monoisotopic (exact) mass is 379 g/mol. The van der Waals surface area contributed by atoms with Crippen LogP contribution in [-0.4, -0.2) is 31.6 Å². The van der Waals surface area contributed by atoms with Crippen LogP contribution in [0.1, 0.15) is 5.56 Å². The van der Waals surface area contributed by atoms with Crippen LogP contribution in [0.2, 0.25) is 5.02 Å². The number of hydrogen-bond donors (Lipinski definition) is 2. The van der Waals surface area contributed by atoms with E-state index in [9.17, 15) is 14.9 Å². The quantitative estimate of drug-likeness (QED) is 0.562. The Morgan fingerprint density at radius 2 is 1.88 bits per heavy atom. The average molecular weight is 380 g/mol. The van der Waals surface area contributed by atoms with Gasteiger partial charge in [-0.3, -0.25) is 14.9 Å². The number of carbonyl (C=O) groups excluding carboxylic acids is 1. The van der Waals surface area contributed by atoms with Crippen LogP contribution in [0.4, 0.5) is 17.1 Å². The maximum Gasteiger partial charge on any atom is 0.274 e. The summed E-state index contributed by atoms with van der Waals surface area (Å²) in [6.07, 6.45) is 0. The molecule has 8 nitrogen and oxygen atoms in total. The van der Waals surface area contributed by atoms with Gasteiger partial charge in [-0.15, -0.1) is 0 Å². The number of rotatable bonds is 7. The van der Waals surface area contributed by atoms with Crippen LogP contribution in [0.15, 0.2) is 30.3 Å². The smallest absolute Gasteiger partial charge is 0.274 e. The van der Waals surface area contributed by atoms with Crippen molar-refractivity contribution in [1.82, 2.24) is 0 Å². The van der Waals surface area contributed by atoms with Crippen LogP contribution in [0, 0.1) is 17.0 Å². The van der Waals surface area contributed by atoms with E-state index < -0.39 is 4.92 Å². The number of carbonyl (C=O) groups is 1. The molecule has 138 valence electrons. The van der Waals surface area contributed by atoms with Gasteiger partial charge < -0.3 is 20.1 Å². The summed E-state index contributed by atoms with van der Waals surface area (Å²) >= 11 is 6.04. The van der Waals surface area contributed by atoms with Gasteiger partial charge in [-0.2, -0.15) is 0 Å². The van der Waals surface area contributed by atoms with Crippen LogP contribution in [0.5, 0.6) is 11.5 Å². The second kappa shape index (κ2) is 8.39. The summed E-state index contributed by atoms with van der Waals surface area (Å²) in [5.41, 5.74) is 1.24. The molecule has 0 aliphatic heterocycles. The van der Waals surface area contributed by atoms with Gasteiger partial charge >= 0.3 is 0 Å². The van der Waals surface area contributed by atoms with Crippen LogP contribution in [-0.2, 0) is 4.79 Å². The number of amides is 1. The molecule has 0 saturated carbocycles. The number of nitro benzene ring substituents is 1. The van der Waals surface area contributed by atoms with Crippen molar-refractivity contribution in [2.45, 2.75) is 6.92 Å². The van der Waals surface area contributed by atoms with E-state index in [2.05, 4.69) is 10.6 Å². The molecule has 0 bridgehead atoms. The molecule has 0 radical (unpaired) electrons. The molecular weight excluding hydrogens is 362 g/mol. The highest BCUT2D eigenvalue weighted by molar-refractivity contribution is 6.32. The minimum Gasteiger partial charge on any atom is -0.495 e. The van der Waals surface area contributed by atoms with Crippen molar-refractivity contribution < 1.29 is 19.2 Å². The van der Waals surface area contributed by atoms with E-state index >= 15 is 0 Å².